The first kappa shape index (κ1) is 31.7. The van der Waals surface area contributed by atoms with Crippen molar-refractivity contribution in [3.8, 4) is 33.4 Å². The van der Waals surface area contributed by atoms with Crippen molar-refractivity contribution < 1.29 is 0 Å². The lowest BCUT2D eigenvalue weighted by atomic mass is 9.67. The molecule has 54 heavy (non-hydrogen) atoms. The van der Waals surface area contributed by atoms with Gasteiger partial charge in [0.05, 0.1) is 5.41 Å². The Labute approximate surface area is 317 Å². The minimum atomic E-state index is -0.393. The molecule has 0 aromatic heterocycles. The van der Waals surface area contributed by atoms with Crippen LogP contribution in [0.25, 0.3) is 44.2 Å². The Hall–Kier alpha value is -6.96. The van der Waals surface area contributed by atoms with Crippen LogP contribution in [-0.2, 0) is 5.41 Å². The molecule has 9 aromatic rings. The van der Waals surface area contributed by atoms with Crippen LogP contribution in [0.15, 0.2) is 224 Å². The quantitative estimate of drug-likeness (QED) is 0.161. The van der Waals surface area contributed by atoms with Gasteiger partial charge in [-0.1, -0.05) is 188 Å². The number of hydrogen-bond donors (Lipinski definition) is 0. The van der Waals surface area contributed by atoms with Crippen LogP contribution in [0.3, 0.4) is 0 Å². The fourth-order valence-corrected chi connectivity index (χ4v) is 8.72. The van der Waals surface area contributed by atoms with E-state index in [-0.39, 0.29) is 0 Å². The van der Waals surface area contributed by atoms with E-state index in [0.717, 1.165) is 17.1 Å². The summed E-state index contributed by atoms with van der Waals surface area (Å²) in [5.41, 5.74) is 15.6. The summed E-state index contributed by atoms with van der Waals surface area (Å²) in [4.78, 5) is 2.33. The van der Waals surface area contributed by atoms with Gasteiger partial charge in [-0.3, -0.25) is 0 Å². The average Bonchev–Trinajstić information content (AvgIpc) is 3.56. The van der Waals surface area contributed by atoms with Crippen LogP contribution in [0.5, 0.6) is 0 Å². The Balaban J connectivity index is 1.01. The van der Waals surface area contributed by atoms with E-state index >= 15 is 0 Å². The highest BCUT2D eigenvalue weighted by molar-refractivity contribution is 5.97. The predicted molar refractivity (Wildman–Crippen MR) is 227 cm³/mol. The maximum atomic E-state index is 2.34. The highest BCUT2D eigenvalue weighted by atomic mass is 15.1. The molecule has 0 amide bonds. The molecule has 1 nitrogen and oxygen atoms in total. The van der Waals surface area contributed by atoms with Gasteiger partial charge in [0.1, 0.15) is 0 Å². The average molecular weight is 688 g/mol. The van der Waals surface area contributed by atoms with Crippen molar-refractivity contribution in [1.82, 2.24) is 0 Å². The number of benzene rings is 9. The Kier molecular flexibility index (Phi) is 7.78. The lowest BCUT2D eigenvalue weighted by Crippen LogP contribution is -2.28. The summed E-state index contributed by atoms with van der Waals surface area (Å²) in [7, 11) is 0. The highest BCUT2D eigenvalue weighted by Gasteiger charge is 2.45. The standard InChI is InChI=1S/C53H37N/c1-3-16-42(17-4-1)53(51-24-11-9-21-49(51)50-22-10-12-25-52(50)53)43-32-26-38(27-33-43)39-28-34-45(35-29-39)54(44-18-5-2-6-19-44)46-36-30-41(31-37-46)48-23-13-15-40-14-7-8-20-47(40)48/h1-37H. The second-order valence-electron chi connectivity index (χ2n) is 14.1. The van der Waals surface area contributed by atoms with Crippen LogP contribution < -0.4 is 4.90 Å². The molecule has 0 radical (unpaired) electrons. The molecule has 0 saturated heterocycles. The van der Waals surface area contributed by atoms with E-state index in [1.54, 1.807) is 0 Å². The maximum absolute atomic E-state index is 2.34. The van der Waals surface area contributed by atoms with Gasteiger partial charge in [-0.2, -0.15) is 0 Å². The van der Waals surface area contributed by atoms with E-state index in [1.807, 2.05) is 0 Å². The summed E-state index contributed by atoms with van der Waals surface area (Å²) in [6.45, 7) is 0. The third-order valence-corrected chi connectivity index (χ3v) is 11.2. The minimum absolute atomic E-state index is 0.393. The van der Waals surface area contributed by atoms with Crippen molar-refractivity contribution >= 4 is 27.8 Å². The van der Waals surface area contributed by atoms with Gasteiger partial charge in [-0.15, -0.1) is 0 Å². The van der Waals surface area contributed by atoms with Gasteiger partial charge in [0.2, 0.25) is 0 Å². The fraction of sp³-hybridized carbons (Fsp3) is 0.0189. The maximum Gasteiger partial charge on any atom is 0.0713 e. The first-order chi connectivity index (χ1) is 26.8. The van der Waals surface area contributed by atoms with Crippen LogP contribution in [0.1, 0.15) is 22.3 Å². The molecule has 10 rings (SSSR count). The van der Waals surface area contributed by atoms with Gasteiger partial charge in [-0.05, 0) is 103 Å². The molecule has 9 aromatic carbocycles. The number of nitrogens with zero attached hydrogens (tertiary/aromatic N) is 1. The first-order valence-electron chi connectivity index (χ1n) is 18.7. The number of rotatable bonds is 7. The summed E-state index contributed by atoms with van der Waals surface area (Å²) in [6.07, 6.45) is 0. The molecule has 1 heteroatoms. The number of fused-ring (bicyclic) bond motifs is 4. The van der Waals surface area contributed by atoms with Crippen molar-refractivity contribution in [3.05, 3.63) is 247 Å². The summed E-state index contributed by atoms with van der Waals surface area (Å²) < 4.78 is 0. The van der Waals surface area contributed by atoms with Crippen LogP contribution in [0, 0.1) is 0 Å². The molecule has 1 aliphatic rings. The summed E-state index contributed by atoms with van der Waals surface area (Å²) in [5.74, 6) is 0. The zero-order valence-electron chi connectivity index (χ0n) is 29.8. The Bertz CT molecular complexity index is 2680. The van der Waals surface area contributed by atoms with E-state index in [2.05, 4.69) is 229 Å². The lowest BCUT2D eigenvalue weighted by molar-refractivity contribution is 0.768. The Morgan fingerprint density at radius 3 is 1.33 bits per heavy atom. The van der Waals surface area contributed by atoms with Crippen molar-refractivity contribution in [2.45, 2.75) is 5.41 Å². The van der Waals surface area contributed by atoms with E-state index in [1.165, 1.54) is 66.4 Å². The third kappa shape index (κ3) is 5.17. The fourth-order valence-electron chi connectivity index (χ4n) is 8.72. The number of anilines is 3. The second-order valence-corrected chi connectivity index (χ2v) is 14.1. The molecular formula is C53H37N. The Morgan fingerprint density at radius 1 is 0.278 bits per heavy atom. The van der Waals surface area contributed by atoms with Gasteiger partial charge < -0.3 is 4.90 Å². The molecule has 0 fully saturated rings. The Morgan fingerprint density at radius 2 is 0.704 bits per heavy atom. The van der Waals surface area contributed by atoms with E-state index in [0.29, 0.717) is 0 Å². The van der Waals surface area contributed by atoms with Gasteiger partial charge in [0.25, 0.3) is 0 Å². The van der Waals surface area contributed by atoms with Crippen LogP contribution >= 0.6 is 0 Å². The van der Waals surface area contributed by atoms with Gasteiger partial charge in [0.15, 0.2) is 0 Å². The van der Waals surface area contributed by atoms with Gasteiger partial charge in [0, 0.05) is 17.1 Å². The zero-order chi connectivity index (χ0) is 35.9. The van der Waals surface area contributed by atoms with Crippen LogP contribution in [-0.4, -0.2) is 0 Å². The molecule has 0 N–H and O–H groups in total. The SMILES string of the molecule is c1ccc(N(c2ccc(-c3ccc(C4(c5ccccc5)c5ccccc5-c5ccccc54)cc3)cc2)c2ccc(-c3cccc4ccccc34)cc2)cc1. The monoisotopic (exact) mass is 687 g/mol. The first-order valence-corrected chi connectivity index (χ1v) is 18.7. The van der Waals surface area contributed by atoms with E-state index < -0.39 is 5.41 Å². The molecule has 0 heterocycles. The molecule has 254 valence electrons. The third-order valence-electron chi connectivity index (χ3n) is 11.2. The lowest BCUT2D eigenvalue weighted by Gasteiger charge is -2.34. The summed E-state index contributed by atoms with van der Waals surface area (Å²) in [6, 6.07) is 81.8. The van der Waals surface area contributed by atoms with Gasteiger partial charge >= 0.3 is 0 Å². The molecule has 1 aliphatic carbocycles. The predicted octanol–water partition coefficient (Wildman–Crippen LogP) is 14.0. The van der Waals surface area contributed by atoms with E-state index in [9.17, 15) is 0 Å². The second kappa shape index (κ2) is 13.2. The minimum Gasteiger partial charge on any atom is -0.311 e. The topological polar surface area (TPSA) is 3.24 Å². The van der Waals surface area contributed by atoms with Gasteiger partial charge in [-0.25, -0.2) is 0 Å². The smallest absolute Gasteiger partial charge is 0.0713 e. The molecule has 0 atom stereocenters. The van der Waals surface area contributed by atoms with Crippen molar-refractivity contribution in [2.24, 2.45) is 0 Å². The molecule has 0 bridgehead atoms. The zero-order valence-corrected chi connectivity index (χ0v) is 29.8. The molecule has 0 unspecified atom stereocenters. The largest absolute Gasteiger partial charge is 0.311 e. The molecule has 0 saturated carbocycles. The number of hydrogen-bond acceptors (Lipinski definition) is 1. The van der Waals surface area contributed by atoms with Crippen molar-refractivity contribution in [1.29, 1.82) is 0 Å². The molecular weight excluding hydrogens is 651 g/mol. The van der Waals surface area contributed by atoms with Crippen molar-refractivity contribution in [2.75, 3.05) is 4.90 Å². The van der Waals surface area contributed by atoms with Crippen LogP contribution in [0.2, 0.25) is 0 Å². The normalized spacial score (nSPS) is 12.6. The van der Waals surface area contributed by atoms with Crippen LogP contribution in [0.4, 0.5) is 17.1 Å². The molecule has 0 aliphatic heterocycles. The summed E-state index contributed by atoms with van der Waals surface area (Å²) in [5, 5.41) is 2.52. The molecule has 0 spiro atoms. The highest BCUT2D eigenvalue weighted by Crippen LogP contribution is 2.56. The van der Waals surface area contributed by atoms with E-state index in [4.69, 9.17) is 0 Å². The number of para-hydroxylation sites is 1. The summed E-state index contributed by atoms with van der Waals surface area (Å²) >= 11 is 0. The van der Waals surface area contributed by atoms with Crippen molar-refractivity contribution in [3.63, 3.8) is 0 Å².